The number of carbonyl (C=O) groups is 1. The summed E-state index contributed by atoms with van der Waals surface area (Å²) in [5.74, 6) is 1.52. The van der Waals surface area contributed by atoms with E-state index in [9.17, 15) is 4.79 Å². The lowest BCUT2D eigenvalue weighted by molar-refractivity contribution is -0.115. The van der Waals surface area contributed by atoms with Crippen LogP contribution in [0.5, 0.6) is 11.5 Å². The van der Waals surface area contributed by atoms with E-state index in [2.05, 4.69) is 16.5 Å². The molecular formula is C22H23N3O3. The number of anilines is 1. The van der Waals surface area contributed by atoms with E-state index in [4.69, 9.17) is 9.47 Å². The summed E-state index contributed by atoms with van der Waals surface area (Å²) in [6, 6.07) is 15.3. The Hall–Kier alpha value is -3.28. The normalized spacial score (nSPS) is 12.7. The summed E-state index contributed by atoms with van der Waals surface area (Å²) >= 11 is 0. The highest BCUT2D eigenvalue weighted by Gasteiger charge is 2.13. The number of aryl methyl sites for hydroxylation is 1. The van der Waals surface area contributed by atoms with Crippen molar-refractivity contribution in [3.05, 3.63) is 72.1 Å². The summed E-state index contributed by atoms with van der Waals surface area (Å²) in [5, 5.41) is 7.12. The molecule has 6 heteroatoms. The standard InChI is InChI=1S/C22H23N3O3/c26-22(16-17-8-9-20-18(15-17)5-3-13-27-20)24-19-6-1-2-7-21(19)28-14-12-25-11-4-10-23-25/h1-2,4,6-11,15H,3,5,12-14,16H2,(H,24,26). The summed E-state index contributed by atoms with van der Waals surface area (Å²) in [6.45, 7) is 1.88. The lowest BCUT2D eigenvalue weighted by atomic mass is 10.0. The Labute approximate surface area is 164 Å². The van der Waals surface area contributed by atoms with Crippen LogP contribution in [0.3, 0.4) is 0 Å². The van der Waals surface area contributed by atoms with Crippen LogP contribution < -0.4 is 14.8 Å². The van der Waals surface area contributed by atoms with Crippen molar-refractivity contribution >= 4 is 11.6 Å². The van der Waals surface area contributed by atoms with Crippen molar-refractivity contribution < 1.29 is 14.3 Å². The van der Waals surface area contributed by atoms with Crippen LogP contribution in [0.15, 0.2) is 60.9 Å². The molecule has 0 spiro atoms. The molecule has 1 amide bonds. The van der Waals surface area contributed by atoms with Gasteiger partial charge >= 0.3 is 0 Å². The molecule has 2 heterocycles. The molecule has 0 unspecified atom stereocenters. The Kier molecular flexibility index (Phi) is 5.56. The Morgan fingerprint density at radius 1 is 1.21 bits per heavy atom. The van der Waals surface area contributed by atoms with E-state index in [0.29, 0.717) is 31.0 Å². The zero-order chi connectivity index (χ0) is 19.2. The van der Waals surface area contributed by atoms with E-state index in [1.54, 1.807) is 10.9 Å². The molecular weight excluding hydrogens is 354 g/mol. The van der Waals surface area contributed by atoms with Gasteiger partial charge < -0.3 is 14.8 Å². The highest BCUT2D eigenvalue weighted by atomic mass is 16.5. The van der Waals surface area contributed by atoms with Gasteiger partial charge in [-0.25, -0.2) is 0 Å². The SMILES string of the molecule is O=C(Cc1ccc2c(c1)CCCO2)Nc1ccccc1OCCn1cccn1. The number of nitrogens with one attached hydrogen (secondary N) is 1. The first-order chi connectivity index (χ1) is 13.8. The van der Waals surface area contributed by atoms with Gasteiger partial charge in [0.2, 0.25) is 5.91 Å². The Bertz CT molecular complexity index is 938. The fourth-order valence-corrected chi connectivity index (χ4v) is 3.28. The maximum Gasteiger partial charge on any atom is 0.228 e. The van der Waals surface area contributed by atoms with Gasteiger partial charge in [0.05, 0.1) is 25.3 Å². The van der Waals surface area contributed by atoms with Crippen molar-refractivity contribution in [2.45, 2.75) is 25.8 Å². The Balaban J connectivity index is 1.36. The number of amides is 1. The van der Waals surface area contributed by atoms with Gasteiger partial charge in [0, 0.05) is 12.4 Å². The number of nitrogens with zero attached hydrogens (tertiary/aromatic N) is 2. The van der Waals surface area contributed by atoms with Crippen molar-refractivity contribution in [1.29, 1.82) is 0 Å². The molecule has 0 radical (unpaired) electrons. The number of hydrogen-bond donors (Lipinski definition) is 1. The first-order valence-electron chi connectivity index (χ1n) is 9.52. The molecule has 0 aliphatic carbocycles. The molecule has 1 aliphatic heterocycles. The monoisotopic (exact) mass is 377 g/mol. The zero-order valence-electron chi connectivity index (χ0n) is 15.6. The smallest absolute Gasteiger partial charge is 0.228 e. The quantitative estimate of drug-likeness (QED) is 0.685. The van der Waals surface area contributed by atoms with E-state index < -0.39 is 0 Å². The van der Waals surface area contributed by atoms with E-state index in [-0.39, 0.29) is 5.91 Å². The topological polar surface area (TPSA) is 65.4 Å². The van der Waals surface area contributed by atoms with Gasteiger partial charge in [0.15, 0.2) is 0 Å². The number of rotatable bonds is 7. The molecule has 6 nitrogen and oxygen atoms in total. The third-order valence-corrected chi connectivity index (χ3v) is 4.64. The number of hydrogen-bond acceptors (Lipinski definition) is 4. The minimum absolute atomic E-state index is 0.0696. The van der Waals surface area contributed by atoms with E-state index >= 15 is 0 Å². The van der Waals surface area contributed by atoms with Gasteiger partial charge in [0.25, 0.3) is 0 Å². The van der Waals surface area contributed by atoms with Crippen LogP contribution in [0.4, 0.5) is 5.69 Å². The molecule has 3 aromatic rings. The second-order valence-electron chi connectivity index (χ2n) is 6.73. The fourth-order valence-electron chi connectivity index (χ4n) is 3.28. The Morgan fingerprint density at radius 2 is 2.14 bits per heavy atom. The van der Waals surface area contributed by atoms with E-state index in [1.165, 1.54) is 5.56 Å². The first kappa shape index (κ1) is 18.1. The second-order valence-corrected chi connectivity index (χ2v) is 6.73. The average Bonchev–Trinajstić information content (AvgIpc) is 3.23. The molecule has 144 valence electrons. The molecule has 0 fully saturated rings. The highest BCUT2D eigenvalue weighted by molar-refractivity contribution is 5.93. The average molecular weight is 377 g/mol. The molecule has 4 rings (SSSR count). The van der Waals surface area contributed by atoms with Gasteiger partial charge in [0.1, 0.15) is 18.1 Å². The second kappa shape index (κ2) is 8.61. The minimum Gasteiger partial charge on any atom is -0.493 e. The summed E-state index contributed by atoms with van der Waals surface area (Å²) in [5.41, 5.74) is 2.84. The van der Waals surface area contributed by atoms with Crippen molar-refractivity contribution in [2.75, 3.05) is 18.5 Å². The molecule has 0 saturated carbocycles. The molecule has 0 atom stereocenters. The van der Waals surface area contributed by atoms with Gasteiger partial charge in [-0.2, -0.15) is 5.10 Å². The van der Waals surface area contributed by atoms with Crippen LogP contribution >= 0.6 is 0 Å². The van der Waals surface area contributed by atoms with Gasteiger partial charge in [-0.15, -0.1) is 0 Å². The molecule has 0 bridgehead atoms. The zero-order valence-corrected chi connectivity index (χ0v) is 15.6. The molecule has 2 aromatic carbocycles. The largest absolute Gasteiger partial charge is 0.493 e. The summed E-state index contributed by atoms with van der Waals surface area (Å²) < 4.78 is 13.3. The molecule has 1 N–H and O–H groups in total. The van der Waals surface area contributed by atoms with E-state index in [0.717, 1.165) is 30.8 Å². The summed E-state index contributed by atoms with van der Waals surface area (Å²) in [4.78, 5) is 12.6. The lowest BCUT2D eigenvalue weighted by Gasteiger charge is -2.18. The molecule has 1 aromatic heterocycles. The van der Waals surface area contributed by atoms with Crippen LogP contribution in [-0.2, 0) is 24.2 Å². The van der Waals surface area contributed by atoms with Crippen LogP contribution in [-0.4, -0.2) is 28.9 Å². The van der Waals surface area contributed by atoms with Crippen LogP contribution in [0.2, 0.25) is 0 Å². The van der Waals surface area contributed by atoms with Crippen molar-refractivity contribution in [3.63, 3.8) is 0 Å². The maximum atomic E-state index is 12.6. The van der Waals surface area contributed by atoms with Crippen molar-refractivity contribution in [2.24, 2.45) is 0 Å². The van der Waals surface area contributed by atoms with Gasteiger partial charge in [-0.1, -0.05) is 24.3 Å². The summed E-state index contributed by atoms with van der Waals surface area (Å²) in [6.07, 6.45) is 5.96. The number of ether oxygens (including phenoxy) is 2. The predicted molar refractivity (Wildman–Crippen MR) is 107 cm³/mol. The Morgan fingerprint density at radius 3 is 3.04 bits per heavy atom. The highest BCUT2D eigenvalue weighted by Crippen LogP contribution is 2.27. The van der Waals surface area contributed by atoms with Crippen molar-refractivity contribution in [1.82, 2.24) is 9.78 Å². The van der Waals surface area contributed by atoms with Crippen molar-refractivity contribution in [3.8, 4) is 11.5 Å². The van der Waals surface area contributed by atoms with Gasteiger partial charge in [-0.05, 0) is 48.2 Å². The van der Waals surface area contributed by atoms with Crippen LogP contribution in [0.25, 0.3) is 0 Å². The van der Waals surface area contributed by atoms with E-state index in [1.807, 2.05) is 48.7 Å². The number of fused-ring (bicyclic) bond motifs is 1. The number of benzene rings is 2. The molecule has 1 aliphatic rings. The number of para-hydroxylation sites is 2. The number of carbonyl (C=O) groups excluding carboxylic acids is 1. The number of aromatic nitrogens is 2. The van der Waals surface area contributed by atoms with Crippen LogP contribution in [0, 0.1) is 0 Å². The molecule has 0 saturated heterocycles. The first-order valence-corrected chi connectivity index (χ1v) is 9.52. The molecule has 28 heavy (non-hydrogen) atoms. The maximum absolute atomic E-state index is 12.6. The van der Waals surface area contributed by atoms with Crippen LogP contribution in [0.1, 0.15) is 17.5 Å². The minimum atomic E-state index is -0.0696. The van der Waals surface area contributed by atoms with Gasteiger partial charge in [-0.3, -0.25) is 9.48 Å². The fraction of sp³-hybridized carbons (Fsp3) is 0.273. The third kappa shape index (κ3) is 4.52. The summed E-state index contributed by atoms with van der Waals surface area (Å²) in [7, 11) is 0. The predicted octanol–water partition coefficient (Wildman–Crippen LogP) is 3.47. The lowest BCUT2D eigenvalue weighted by Crippen LogP contribution is -2.16. The third-order valence-electron chi connectivity index (χ3n) is 4.64.